The normalized spacial score (nSPS) is 14.7. The van der Waals surface area contributed by atoms with E-state index in [1.165, 1.54) is 0 Å². The van der Waals surface area contributed by atoms with Crippen molar-refractivity contribution in [3.05, 3.63) is 67.3 Å². The highest BCUT2D eigenvalue weighted by Crippen LogP contribution is 2.29. The SMILES string of the molecule is C=CCNC(=O)CN1CCN(CC(=O)Nc2ccccc2Oc2ccccc2)CC1. The Bertz CT molecular complexity index is 849. The van der Waals surface area contributed by atoms with E-state index in [9.17, 15) is 9.59 Å². The molecular weight excluding hydrogens is 380 g/mol. The Morgan fingerprint density at radius 1 is 0.900 bits per heavy atom. The summed E-state index contributed by atoms with van der Waals surface area (Å²) in [4.78, 5) is 28.6. The predicted octanol–water partition coefficient (Wildman–Crippen LogP) is 2.34. The lowest BCUT2D eigenvalue weighted by atomic mass is 10.2. The molecule has 2 amide bonds. The van der Waals surface area contributed by atoms with Gasteiger partial charge in [-0.2, -0.15) is 0 Å². The van der Waals surface area contributed by atoms with Gasteiger partial charge in [-0.25, -0.2) is 0 Å². The number of amides is 2. The highest BCUT2D eigenvalue weighted by Gasteiger charge is 2.21. The number of piperazine rings is 1. The van der Waals surface area contributed by atoms with Gasteiger partial charge in [0.2, 0.25) is 11.8 Å². The number of carbonyl (C=O) groups excluding carboxylic acids is 2. The smallest absolute Gasteiger partial charge is 0.238 e. The maximum absolute atomic E-state index is 12.6. The fourth-order valence-electron chi connectivity index (χ4n) is 3.22. The Kier molecular flexibility index (Phi) is 8.00. The van der Waals surface area contributed by atoms with Crippen LogP contribution in [-0.4, -0.2) is 67.4 Å². The van der Waals surface area contributed by atoms with Crippen molar-refractivity contribution >= 4 is 17.5 Å². The molecule has 7 nitrogen and oxygen atoms in total. The van der Waals surface area contributed by atoms with E-state index in [0.29, 0.717) is 36.8 Å². The van der Waals surface area contributed by atoms with Gasteiger partial charge >= 0.3 is 0 Å². The molecule has 0 atom stereocenters. The topological polar surface area (TPSA) is 73.9 Å². The zero-order valence-corrected chi connectivity index (χ0v) is 17.0. The largest absolute Gasteiger partial charge is 0.455 e. The van der Waals surface area contributed by atoms with Crippen molar-refractivity contribution in [3.63, 3.8) is 0 Å². The molecular formula is C23H28N4O3. The summed E-state index contributed by atoms with van der Waals surface area (Å²) in [5.41, 5.74) is 0.642. The first-order valence-corrected chi connectivity index (χ1v) is 10.1. The van der Waals surface area contributed by atoms with E-state index in [1.807, 2.05) is 54.6 Å². The number of benzene rings is 2. The van der Waals surface area contributed by atoms with E-state index >= 15 is 0 Å². The summed E-state index contributed by atoms with van der Waals surface area (Å²) in [5.74, 6) is 1.23. The summed E-state index contributed by atoms with van der Waals surface area (Å²) in [7, 11) is 0. The molecule has 2 aromatic rings. The Morgan fingerprint density at radius 2 is 1.50 bits per heavy atom. The standard InChI is InChI=1S/C23H28N4O3/c1-2-12-24-22(28)17-26-13-15-27(16-14-26)18-23(29)25-20-10-6-7-11-21(20)30-19-8-4-3-5-9-19/h2-11H,1,12-18H2,(H,24,28)(H,25,29). The third-order valence-electron chi connectivity index (χ3n) is 4.78. The van der Waals surface area contributed by atoms with Crippen LogP contribution in [0, 0.1) is 0 Å². The van der Waals surface area contributed by atoms with Gasteiger partial charge in [-0.05, 0) is 24.3 Å². The number of anilines is 1. The van der Waals surface area contributed by atoms with E-state index in [1.54, 1.807) is 6.08 Å². The third kappa shape index (κ3) is 6.72. The lowest BCUT2D eigenvalue weighted by Gasteiger charge is -2.33. The van der Waals surface area contributed by atoms with Crippen molar-refractivity contribution in [2.24, 2.45) is 0 Å². The molecule has 1 aliphatic rings. The van der Waals surface area contributed by atoms with E-state index in [2.05, 4.69) is 27.0 Å². The maximum Gasteiger partial charge on any atom is 0.238 e. The molecule has 0 unspecified atom stereocenters. The van der Waals surface area contributed by atoms with Crippen molar-refractivity contribution in [1.29, 1.82) is 0 Å². The van der Waals surface area contributed by atoms with E-state index < -0.39 is 0 Å². The minimum Gasteiger partial charge on any atom is -0.455 e. The fraction of sp³-hybridized carbons (Fsp3) is 0.304. The van der Waals surface area contributed by atoms with Crippen LogP contribution in [0.15, 0.2) is 67.3 Å². The molecule has 2 N–H and O–H groups in total. The first-order valence-electron chi connectivity index (χ1n) is 10.1. The molecule has 0 saturated carbocycles. The van der Waals surface area contributed by atoms with Crippen LogP contribution in [0.1, 0.15) is 0 Å². The highest BCUT2D eigenvalue weighted by molar-refractivity contribution is 5.93. The summed E-state index contributed by atoms with van der Waals surface area (Å²) < 4.78 is 5.90. The molecule has 2 aromatic carbocycles. The van der Waals surface area contributed by atoms with Crippen molar-refractivity contribution in [2.75, 3.05) is 51.1 Å². The van der Waals surface area contributed by atoms with Crippen molar-refractivity contribution in [3.8, 4) is 11.5 Å². The zero-order chi connectivity index (χ0) is 21.2. The number of ether oxygens (including phenoxy) is 1. The zero-order valence-electron chi connectivity index (χ0n) is 17.0. The number of nitrogens with zero attached hydrogens (tertiary/aromatic N) is 2. The number of hydrogen-bond donors (Lipinski definition) is 2. The third-order valence-corrected chi connectivity index (χ3v) is 4.78. The minimum absolute atomic E-state index is 0.00360. The van der Waals surface area contributed by atoms with Gasteiger partial charge in [0.15, 0.2) is 5.75 Å². The second-order valence-electron chi connectivity index (χ2n) is 7.10. The Hall–Kier alpha value is -3.16. The maximum atomic E-state index is 12.6. The molecule has 1 fully saturated rings. The summed E-state index contributed by atoms with van der Waals surface area (Å²) >= 11 is 0. The molecule has 7 heteroatoms. The number of para-hydroxylation sites is 3. The van der Waals surface area contributed by atoms with Crippen LogP contribution in [-0.2, 0) is 9.59 Å². The molecule has 1 saturated heterocycles. The van der Waals surface area contributed by atoms with Crippen LogP contribution in [0.5, 0.6) is 11.5 Å². The van der Waals surface area contributed by atoms with Gasteiger partial charge in [-0.1, -0.05) is 36.4 Å². The number of rotatable bonds is 9. The van der Waals surface area contributed by atoms with Gasteiger partial charge in [-0.15, -0.1) is 6.58 Å². The summed E-state index contributed by atoms with van der Waals surface area (Å²) in [5, 5.41) is 5.74. The van der Waals surface area contributed by atoms with E-state index in [0.717, 1.165) is 26.2 Å². The minimum atomic E-state index is -0.0868. The molecule has 1 heterocycles. The van der Waals surface area contributed by atoms with Crippen molar-refractivity contribution in [1.82, 2.24) is 15.1 Å². The van der Waals surface area contributed by atoms with Crippen LogP contribution in [0.25, 0.3) is 0 Å². The lowest BCUT2D eigenvalue weighted by molar-refractivity contribution is -0.123. The Morgan fingerprint density at radius 3 is 2.17 bits per heavy atom. The van der Waals surface area contributed by atoms with Gasteiger partial charge in [0.05, 0.1) is 18.8 Å². The fourth-order valence-corrected chi connectivity index (χ4v) is 3.22. The quantitative estimate of drug-likeness (QED) is 0.623. The molecule has 0 spiro atoms. The molecule has 158 valence electrons. The monoisotopic (exact) mass is 408 g/mol. The second-order valence-corrected chi connectivity index (χ2v) is 7.10. The van der Waals surface area contributed by atoms with E-state index in [-0.39, 0.29) is 11.8 Å². The summed E-state index contributed by atoms with van der Waals surface area (Å²) in [6, 6.07) is 16.9. The molecule has 30 heavy (non-hydrogen) atoms. The number of nitrogens with one attached hydrogen (secondary N) is 2. The average molecular weight is 409 g/mol. The molecule has 3 rings (SSSR count). The van der Waals surface area contributed by atoms with Crippen LogP contribution in [0.3, 0.4) is 0 Å². The summed E-state index contributed by atoms with van der Waals surface area (Å²) in [6.07, 6.45) is 1.66. The van der Waals surface area contributed by atoms with Gasteiger partial charge in [0, 0.05) is 32.7 Å². The van der Waals surface area contributed by atoms with E-state index in [4.69, 9.17) is 4.74 Å². The van der Waals surface area contributed by atoms with Gasteiger partial charge < -0.3 is 15.4 Å². The van der Waals surface area contributed by atoms with Crippen LogP contribution < -0.4 is 15.4 Å². The predicted molar refractivity (Wildman–Crippen MR) is 118 cm³/mol. The van der Waals surface area contributed by atoms with Crippen LogP contribution in [0.2, 0.25) is 0 Å². The second kappa shape index (κ2) is 11.1. The molecule has 0 radical (unpaired) electrons. The Balaban J connectivity index is 1.46. The van der Waals surface area contributed by atoms with Crippen molar-refractivity contribution in [2.45, 2.75) is 0 Å². The highest BCUT2D eigenvalue weighted by atomic mass is 16.5. The van der Waals surface area contributed by atoms with Gasteiger partial charge in [0.1, 0.15) is 5.75 Å². The Labute approximate surface area is 177 Å². The van der Waals surface area contributed by atoms with Crippen LogP contribution in [0.4, 0.5) is 5.69 Å². The van der Waals surface area contributed by atoms with Crippen LogP contribution >= 0.6 is 0 Å². The number of hydrogen-bond acceptors (Lipinski definition) is 5. The van der Waals surface area contributed by atoms with Crippen molar-refractivity contribution < 1.29 is 14.3 Å². The molecule has 0 aliphatic carbocycles. The molecule has 1 aliphatic heterocycles. The first kappa shape index (κ1) is 21.5. The summed E-state index contributed by atoms with van der Waals surface area (Å²) in [6.45, 7) is 7.73. The van der Waals surface area contributed by atoms with Gasteiger partial charge in [-0.3, -0.25) is 19.4 Å². The lowest BCUT2D eigenvalue weighted by Crippen LogP contribution is -2.51. The average Bonchev–Trinajstić information content (AvgIpc) is 2.76. The molecule has 0 aromatic heterocycles. The first-order chi connectivity index (χ1) is 14.6. The van der Waals surface area contributed by atoms with Gasteiger partial charge in [0.25, 0.3) is 0 Å². The molecule has 0 bridgehead atoms. The number of carbonyl (C=O) groups is 2.